The molecule has 0 saturated carbocycles. The van der Waals surface area contributed by atoms with Crippen LogP contribution in [0.2, 0.25) is 5.02 Å². The van der Waals surface area contributed by atoms with Crippen LogP contribution >= 0.6 is 34.7 Å². The lowest BCUT2D eigenvalue weighted by atomic mass is 10.1. The van der Waals surface area contributed by atoms with Crippen LogP contribution in [0, 0.1) is 5.82 Å². The standard InChI is InChI=1S/C22H18ClFN6OS2/c1-13(14-5-7-29(8-6-14)20-25-10-15(23)11-26-20)31-22-28-30-12-19(27-21(30)33-22)17-4-3-16(32-2)9-18(17)24/h3-7,9-13H,8H2,1-2H3/t13-/m1/s1. The van der Waals surface area contributed by atoms with Gasteiger partial charge in [-0.3, -0.25) is 0 Å². The van der Waals surface area contributed by atoms with Crippen LogP contribution in [0.15, 0.2) is 65.6 Å². The highest BCUT2D eigenvalue weighted by Gasteiger charge is 2.18. The summed E-state index contributed by atoms with van der Waals surface area (Å²) in [6.07, 6.45) is 12.5. The van der Waals surface area contributed by atoms with Gasteiger partial charge in [0.25, 0.3) is 5.19 Å². The summed E-state index contributed by atoms with van der Waals surface area (Å²) in [5, 5.41) is 5.45. The number of halogens is 2. The van der Waals surface area contributed by atoms with Crippen LogP contribution in [0.5, 0.6) is 5.19 Å². The molecule has 1 aromatic carbocycles. The Labute approximate surface area is 202 Å². The summed E-state index contributed by atoms with van der Waals surface area (Å²) in [6.45, 7) is 2.58. The molecular formula is C22H18ClFN6OS2. The van der Waals surface area contributed by atoms with E-state index in [1.165, 1.54) is 29.2 Å². The highest BCUT2D eigenvalue weighted by molar-refractivity contribution is 7.98. The zero-order chi connectivity index (χ0) is 22.9. The first-order chi connectivity index (χ1) is 16.0. The third kappa shape index (κ3) is 4.59. The van der Waals surface area contributed by atoms with Crippen LogP contribution in [0.3, 0.4) is 0 Å². The molecule has 0 N–H and O–H groups in total. The van der Waals surface area contributed by atoms with Crippen LogP contribution in [0.25, 0.3) is 16.2 Å². The number of rotatable bonds is 6. The Hall–Kier alpha value is -2.95. The van der Waals surface area contributed by atoms with E-state index >= 15 is 0 Å². The second-order valence-electron chi connectivity index (χ2n) is 7.20. The minimum atomic E-state index is -0.299. The zero-order valence-electron chi connectivity index (χ0n) is 17.6. The summed E-state index contributed by atoms with van der Waals surface area (Å²) in [5.74, 6) is 0.280. The predicted molar refractivity (Wildman–Crippen MR) is 130 cm³/mol. The van der Waals surface area contributed by atoms with E-state index < -0.39 is 0 Å². The first-order valence-electron chi connectivity index (χ1n) is 9.99. The topological polar surface area (TPSA) is 68.4 Å². The van der Waals surface area contributed by atoms with Crippen molar-refractivity contribution in [2.45, 2.75) is 17.9 Å². The minimum Gasteiger partial charge on any atom is -0.461 e. The van der Waals surface area contributed by atoms with Gasteiger partial charge in [0.05, 0.1) is 29.3 Å². The molecule has 0 spiro atoms. The lowest BCUT2D eigenvalue weighted by Gasteiger charge is -2.22. The Morgan fingerprint density at radius 3 is 2.76 bits per heavy atom. The van der Waals surface area contributed by atoms with Crippen LogP contribution < -0.4 is 9.64 Å². The van der Waals surface area contributed by atoms with Gasteiger partial charge in [0.1, 0.15) is 11.9 Å². The van der Waals surface area contributed by atoms with Crippen molar-refractivity contribution in [3.63, 3.8) is 0 Å². The Kier molecular flexibility index (Phi) is 6.05. The molecule has 0 fully saturated rings. The molecule has 11 heteroatoms. The highest BCUT2D eigenvalue weighted by atomic mass is 35.5. The van der Waals surface area contributed by atoms with Gasteiger partial charge in [-0.05, 0) is 54.4 Å². The molecular weight excluding hydrogens is 483 g/mol. The van der Waals surface area contributed by atoms with Gasteiger partial charge in [0, 0.05) is 23.2 Å². The van der Waals surface area contributed by atoms with E-state index in [1.807, 2.05) is 36.4 Å². The summed E-state index contributed by atoms with van der Waals surface area (Å²) in [5.41, 5.74) is 2.01. The molecule has 0 aliphatic carbocycles. The number of hydrogen-bond acceptors (Lipinski definition) is 8. The van der Waals surface area contributed by atoms with Crippen LogP contribution in [0.1, 0.15) is 6.92 Å². The molecule has 0 amide bonds. The number of benzene rings is 1. The molecule has 4 heterocycles. The predicted octanol–water partition coefficient (Wildman–Crippen LogP) is 5.49. The van der Waals surface area contributed by atoms with Crippen molar-refractivity contribution in [2.24, 2.45) is 0 Å². The van der Waals surface area contributed by atoms with Gasteiger partial charge in [-0.2, -0.15) is 0 Å². The molecule has 0 radical (unpaired) electrons. The van der Waals surface area contributed by atoms with Crippen molar-refractivity contribution in [1.82, 2.24) is 24.6 Å². The van der Waals surface area contributed by atoms with E-state index in [9.17, 15) is 4.39 Å². The number of imidazole rings is 1. The Morgan fingerprint density at radius 2 is 2.09 bits per heavy atom. The summed E-state index contributed by atoms with van der Waals surface area (Å²) >= 11 is 8.66. The molecule has 1 aliphatic rings. The number of ether oxygens (including phenoxy) is 1. The molecule has 33 heavy (non-hydrogen) atoms. The zero-order valence-corrected chi connectivity index (χ0v) is 20.0. The molecule has 7 nitrogen and oxygen atoms in total. The van der Waals surface area contributed by atoms with Gasteiger partial charge in [-0.15, -0.1) is 16.9 Å². The second kappa shape index (κ2) is 9.12. The Bertz CT molecular complexity index is 1340. The number of anilines is 1. The van der Waals surface area contributed by atoms with Gasteiger partial charge < -0.3 is 9.64 Å². The fourth-order valence-corrected chi connectivity index (χ4v) is 4.65. The minimum absolute atomic E-state index is 0.207. The maximum absolute atomic E-state index is 14.4. The molecule has 1 atom stereocenters. The fourth-order valence-electron chi connectivity index (χ4n) is 3.32. The summed E-state index contributed by atoms with van der Waals surface area (Å²) in [7, 11) is 0. The van der Waals surface area contributed by atoms with Gasteiger partial charge in [0.15, 0.2) is 0 Å². The van der Waals surface area contributed by atoms with Crippen molar-refractivity contribution in [3.8, 4) is 16.5 Å². The smallest absolute Gasteiger partial charge is 0.294 e. The average Bonchev–Trinajstić information content (AvgIpc) is 3.38. The largest absolute Gasteiger partial charge is 0.461 e. The number of hydrogen-bond donors (Lipinski definition) is 0. The summed E-state index contributed by atoms with van der Waals surface area (Å²) < 4.78 is 22.1. The van der Waals surface area contributed by atoms with E-state index in [2.05, 4.69) is 26.1 Å². The number of aromatic nitrogens is 5. The maximum atomic E-state index is 14.4. The Morgan fingerprint density at radius 1 is 1.27 bits per heavy atom. The maximum Gasteiger partial charge on any atom is 0.294 e. The molecule has 0 bridgehead atoms. The van der Waals surface area contributed by atoms with Gasteiger partial charge >= 0.3 is 0 Å². The van der Waals surface area contributed by atoms with Gasteiger partial charge in [-0.25, -0.2) is 23.9 Å². The molecule has 5 rings (SSSR count). The van der Waals surface area contributed by atoms with Gasteiger partial charge in [-0.1, -0.05) is 17.7 Å². The van der Waals surface area contributed by atoms with E-state index in [1.54, 1.807) is 29.2 Å². The summed E-state index contributed by atoms with van der Waals surface area (Å²) in [4.78, 5) is 16.4. The van der Waals surface area contributed by atoms with Crippen molar-refractivity contribution >= 4 is 45.6 Å². The van der Waals surface area contributed by atoms with Crippen molar-refractivity contribution in [1.29, 1.82) is 0 Å². The Balaban J connectivity index is 1.26. The van der Waals surface area contributed by atoms with E-state index in [0.29, 0.717) is 38.9 Å². The van der Waals surface area contributed by atoms with E-state index in [0.717, 1.165) is 10.5 Å². The quantitative estimate of drug-likeness (QED) is 0.324. The van der Waals surface area contributed by atoms with Crippen LogP contribution in [0.4, 0.5) is 10.3 Å². The van der Waals surface area contributed by atoms with E-state index in [-0.39, 0.29) is 11.9 Å². The fraction of sp³-hybridized carbons (Fsp3) is 0.182. The number of thioether (sulfide) groups is 1. The normalized spacial score (nSPS) is 14.5. The highest BCUT2D eigenvalue weighted by Crippen LogP contribution is 2.30. The van der Waals surface area contributed by atoms with Crippen molar-refractivity contribution < 1.29 is 9.13 Å². The summed E-state index contributed by atoms with van der Waals surface area (Å²) in [6, 6.07) is 5.14. The third-order valence-corrected chi connectivity index (χ3v) is 6.79. The first-order valence-corrected chi connectivity index (χ1v) is 12.4. The molecule has 4 aromatic rings. The first kappa shape index (κ1) is 21.9. The van der Waals surface area contributed by atoms with E-state index in [4.69, 9.17) is 16.3 Å². The second-order valence-corrected chi connectivity index (χ2v) is 9.44. The lowest BCUT2D eigenvalue weighted by Crippen LogP contribution is -2.24. The lowest BCUT2D eigenvalue weighted by molar-refractivity contribution is 0.256. The average molecular weight is 501 g/mol. The molecule has 0 unspecified atom stereocenters. The third-order valence-electron chi connectivity index (χ3n) is 5.06. The molecule has 1 aliphatic heterocycles. The van der Waals surface area contributed by atoms with Crippen LogP contribution in [-0.4, -0.2) is 43.5 Å². The molecule has 0 saturated heterocycles. The number of fused-ring (bicyclic) bond motifs is 1. The van der Waals surface area contributed by atoms with Crippen molar-refractivity contribution in [3.05, 3.63) is 71.6 Å². The van der Waals surface area contributed by atoms with Gasteiger partial charge in [0.2, 0.25) is 10.9 Å². The van der Waals surface area contributed by atoms with Crippen molar-refractivity contribution in [2.75, 3.05) is 17.7 Å². The van der Waals surface area contributed by atoms with Crippen LogP contribution in [-0.2, 0) is 0 Å². The monoisotopic (exact) mass is 500 g/mol. The molecule has 3 aromatic heterocycles. The molecule has 168 valence electrons. The SMILES string of the molecule is CSc1ccc(-c2cn3nc(O[C@H](C)C4=CCN(c5ncc(Cl)cn5)C=C4)sc3n2)c(F)c1. The number of nitrogens with zero attached hydrogens (tertiary/aromatic N) is 6.